The maximum atomic E-state index is 13.1. The standard InChI is InChI=1S/C13H16FN5O/c1-8-6-10(14)4-5-11(8)9(2)16-13(20)17-12-7-15-18-19(12)3/h4-7,9H,1-3H3,(H2,16,17,20)/t9-/m0/s1. The van der Waals surface area contributed by atoms with Crippen LogP contribution in [0.4, 0.5) is 15.0 Å². The summed E-state index contributed by atoms with van der Waals surface area (Å²) < 4.78 is 14.5. The molecule has 0 spiro atoms. The number of amides is 2. The van der Waals surface area contributed by atoms with E-state index in [0.717, 1.165) is 11.1 Å². The largest absolute Gasteiger partial charge is 0.331 e. The minimum atomic E-state index is -0.369. The Morgan fingerprint density at radius 2 is 2.20 bits per heavy atom. The smallest absolute Gasteiger partial charge is 0.320 e. The summed E-state index contributed by atoms with van der Waals surface area (Å²) in [4.78, 5) is 11.9. The number of urea groups is 1. The van der Waals surface area contributed by atoms with Gasteiger partial charge in [-0.15, -0.1) is 5.10 Å². The van der Waals surface area contributed by atoms with Crippen LogP contribution in [0.25, 0.3) is 0 Å². The first-order valence-electron chi connectivity index (χ1n) is 6.15. The Hall–Kier alpha value is -2.44. The van der Waals surface area contributed by atoms with Crippen LogP contribution in [-0.4, -0.2) is 21.0 Å². The Morgan fingerprint density at radius 3 is 2.80 bits per heavy atom. The Labute approximate surface area is 116 Å². The Kier molecular flexibility index (Phi) is 3.97. The molecule has 0 aliphatic carbocycles. The number of anilines is 1. The lowest BCUT2D eigenvalue weighted by molar-refractivity contribution is 0.249. The van der Waals surface area contributed by atoms with Crippen molar-refractivity contribution in [3.8, 4) is 0 Å². The zero-order valence-electron chi connectivity index (χ0n) is 11.5. The molecule has 1 heterocycles. The van der Waals surface area contributed by atoms with Gasteiger partial charge < -0.3 is 5.32 Å². The van der Waals surface area contributed by atoms with Crippen LogP contribution in [0, 0.1) is 12.7 Å². The van der Waals surface area contributed by atoms with Gasteiger partial charge in [0.2, 0.25) is 0 Å². The monoisotopic (exact) mass is 277 g/mol. The second-order valence-corrected chi connectivity index (χ2v) is 4.56. The molecule has 2 N–H and O–H groups in total. The summed E-state index contributed by atoms with van der Waals surface area (Å²) in [6, 6.07) is 3.88. The second kappa shape index (κ2) is 5.68. The predicted octanol–water partition coefficient (Wildman–Crippen LogP) is 2.15. The summed E-state index contributed by atoms with van der Waals surface area (Å²) in [6.07, 6.45) is 1.45. The molecule has 2 aromatic rings. The van der Waals surface area contributed by atoms with Crippen molar-refractivity contribution in [3.63, 3.8) is 0 Å². The highest BCUT2D eigenvalue weighted by atomic mass is 19.1. The van der Waals surface area contributed by atoms with E-state index in [-0.39, 0.29) is 17.9 Å². The summed E-state index contributed by atoms with van der Waals surface area (Å²) in [5.41, 5.74) is 1.66. The molecule has 20 heavy (non-hydrogen) atoms. The fourth-order valence-corrected chi connectivity index (χ4v) is 1.95. The molecular weight excluding hydrogens is 261 g/mol. The molecule has 0 radical (unpaired) electrons. The first kappa shape index (κ1) is 14.0. The molecule has 2 amide bonds. The highest BCUT2D eigenvalue weighted by Crippen LogP contribution is 2.18. The SMILES string of the molecule is Cc1cc(F)ccc1[C@H](C)NC(=O)Nc1cnnn1C. The summed E-state index contributed by atoms with van der Waals surface area (Å²) in [6.45, 7) is 3.64. The van der Waals surface area contributed by atoms with Crippen LogP contribution in [0.3, 0.4) is 0 Å². The van der Waals surface area contributed by atoms with Crippen LogP contribution in [0.5, 0.6) is 0 Å². The predicted molar refractivity (Wildman–Crippen MR) is 72.7 cm³/mol. The van der Waals surface area contributed by atoms with Crippen molar-refractivity contribution >= 4 is 11.8 Å². The van der Waals surface area contributed by atoms with Gasteiger partial charge in [0.1, 0.15) is 5.82 Å². The third kappa shape index (κ3) is 3.11. The molecule has 1 aromatic carbocycles. The molecule has 1 atom stereocenters. The van der Waals surface area contributed by atoms with Gasteiger partial charge in [0.15, 0.2) is 5.82 Å². The molecule has 106 valence electrons. The Morgan fingerprint density at radius 1 is 1.45 bits per heavy atom. The molecule has 6 nitrogen and oxygen atoms in total. The molecule has 1 aromatic heterocycles. The average Bonchev–Trinajstić information content (AvgIpc) is 2.74. The zero-order chi connectivity index (χ0) is 14.7. The first-order valence-corrected chi connectivity index (χ1v) is 6.15. The number of aromatic nitrogens is 3. The van der Waals surface area contributed by atoms with E-state index < -0.39 is 0 Å². The minimum Gasteiger partial charge on any atom is -0.331 e. The Bertz CT molecular complexity index is 625. The quantitative estimate of drug-likeness (QED) is 0.903. The Balaban J connectivity index is 2.02. The van der Waals surface area contributed by atoms with Crippen LogP contribution in [0.15, 0.2) is 24.4 Å². The van der Waals surface area contributed by atoms with Crippen LogP contribution < -0.4 is 10.6 Å². The third-order valence-corrected chi connectivity index (χ3v) is 3.00. The lowest BCUT2D eigenvalue weighted by atomic mass is 10.0. The number of halogens is 1. The molecule has 7 heteroatoms. The van der Waals surface area contributed by atoms with Gasteiger partial charge in [0.25, 0.3) is 0 Å². The van der Waals surface area contributed by atoms with Gasteiger partial charge in [-0.2, -0.15) is 0 Å². The molecule has 0 aliphatic rings. The average molecular weight is 277 g/mol. The molecule has 0 saturated carbocycles. The van der Waals surface area contributed by atoms with Gasteiger partial charge in [-0.05, 0) is 37.1 Å². The first-order chi connectivity index (χ1) is 9.47. The fourth-order valence-electron chi connectivity index (χ4n) is 1.95. The maximum absolute atomic E-state index is 13.1. The molecule has 0 saturated heterocycles. The summed E-state index contributed by atoms with van der Waals surface area (Å²) in [7, 11) is 1.68. The highest BCUT2D eigenvalue weighted by molar-refractivity contribution is 5.88. The number of hydrogen-bond donors (Lipinski definition) is 2. The van der Waals surface area contributed by atoms with Gasteiger partial charge in [-0.25, -0.2) is 13.9 Å². The lowest BCUT2D eigenvalue weighted by Crippen LogP contribution is -2.32. The number of hydrogen-bond acceptors (Lipinski definition) is 3. The number of benzene rings is 1. The van der Waals surface area contributed by atoms with E-state index in [2.05, 4.69) is 20.9 Å². The van der Waals surface area contributed by atoms with Crippen molar-refractivity contribution in [2.24, 2.45) is 7.05 Å². The molecule has 0 fully saturated rings. The number of aryl methyl sites for hydroxylation is 2. The number of carbonyl (C=O) groups excluding carboxylic acids is 1. The second-order valence-electron chi connectivity index (χ2n) is 4.56. The van der Waals surface area contributed by atoms with E-state index in [1.54, 1.807) is 20.0 Å². The summed E-state index contributed by atoms with van der Waals surface area (Å²) in [5.74, 6) is 0.203. The lowest BCUT2D eigenvalue weighted by Gasteiger charge is -2.17. The third-order valence-electron chi connectivity index (χ3n) is 3.00. The van der Waals surface area contributed by atoms with E-state index >= 15 is 0 Å². The van der Waals surface area contributed by atoms with Gasteiger partial charge in [0.05, 0.1) is 12.2 Å². The summed E-state index contributed by atoms with van der Waals surface area (Å²) >= 11 is 0. The topological polar surface area (TPSA) is 71.8 Å². The van der Waals surface area contributed by atoms with Gasteiger partial charge in [0, 0.05) is 7.05 Å². The zero-order valence-corrected chi connectivity index (χ0v) is 11.5. The van der Waals surface area contributed by atoms with Crippen LogP contribution in [-0.2, 0) is 7.05 Å². The number of carbonyl (C=O) groups is 1. The summed E-state index contributed by atoms with van der Waals surface area (Å²) in [5, 5.41) is 12.8. The van der Waals surface area contributed by atoms with E-state index in [1.807, 2.05) is 6.92 Å². The molecule has 2 rings (SSSR count). The van der Waals surface area contributed by atoms with Crippen molar-refractivity contribution in [1.29, 1.82) is 0 Å². The fraction of sp³-hybridized carbons (Fsp3) is 0.308. The van der Waals surface area contributed by atoms with E-state index in [9.17, 15) is 9.18 Å². The van der Waals surface area contributed by atoms with Crippen molar-refractivity contribution in [3.05, 3.63) is 41.3 Å². The van der Waals surface area contributed by atoms with Crippen LogP contribution in [0.1, 0.15) is 24.1 Å². The van der Waals surface area contributed by atoms with Gasteiger partial charge in [-0.1, -0.05) is 11.3 Å². The van der Waals surface area contributed by atoms with Crippen molar-refractivity contribution < 1.29 is 9.18 Å². The number of nitrogens with one attached hydrogen (secondary N) is 2. The highest BCUT2D eigenvalue weighted by Gasteiger charge is 2.13. The van der Waals surface area contributed by atoms with E-state index in [1.165, 1.54) is 23.0 Å². The van der Waals surface area contributed by atoms with Crippen LogP contribution in [0.2, 0.25) is 0 Å². The van der Waals surface area contributed by atoms with E-state index in [0.29, 0.717) is 5.82 Å². The van der Waals surface area contributed by atoms with Crippen molar-refractivity contribution in [2.75, 3.05) is 5.32 Å². The molecular formula is C13H16FN5O. The number of nitrogens with zero attached hydrogens (tertiary/aromatic N) is 3. The normalized spacial score (nSPS) is 12.0. The molecule has 0 bridgehead atoms. The maximum Gasteiger partial charge on any atom is 0.320 e. The minimum absolute atomic E-state index is 0.239. The van der Waals surface area contributed by atoms with Gasteiger partial charge in [-0.3, -0.25) is 5.32 Å². The molecule has 0 unspecified atom stereocenters. The van der Waals surface area contributed by atoms with Crippen molar-refractivity contribution in [2.45, 2.75) is 19.9 Å². The van der Waals surface area contributed by atoms with Crippen LogP contribution >= 0.6 is 0 Å². The number of rotatable bonds is 3. The van der Waals surface area contributed by atoms with E-state index in [4.69, 9.17) is 0 Å². The molecule has 0 aliphatic heterocycles. The van der Waals surface area contributed by atoms with Crippen molar-refractivity contribution in [1.82, 2.24) is 20.3 Å². The van der Waals surface area contributed by atoms with Gasteiger partial charge >= 0.3 is 6.03 Å².